The van der Waals surface area contributed by atoms with Gasteiger partial charge >= 0.3 is 0 Å². The number of nitro benzene ring substituents is 1. The molecule has 0 bridgehead atoms. The van der Waals surface area contributed by atoms with Crippen LogP contribution in [0, 0.1) is 23.0 Å². The van der Waals surface area contributed by atoms with E-state index in [2.05, 4.69) is 17.6 Å². The van der Waals surface area contributed by atoms with E-state index in [9.17, 15) is 24.5 Å². The van der Waals surface area contributed by atoms with Crippen molar-refractivity contribution in [2.75, 3.05) is 23.7 Å². The second-order valence-corrected chi connectivity index (χ2v) is 7.82. The van der Waals surface area contributed by atoms with E-state index in [-0.39, 0.29) is 29.8 Å². The van der Waals surface area contributed by atoms with Gasteiger partial charge in [-0.05, 0) is 43.7 Å². The molecule has 1 heterocycles. The van der Waals surface area contributed by atoms with Crippen LogP contribution in [-0.4, -0.2) is 40.6 Å². The maximum atomic E-state index is 12.5. The molecule has 1 atom stereocenters. The molecule has 1 saturated heterocycles. The van der Waals surface area contributed by atoms with Gasteiger partial charge in [0.25, 0.3) is 11.6 Å². The maximum Gasteiger partial charge on any atom is 0.274 e. The Morgan fingerprint density at radius 1 is 1.16 bits per heavy atom. The number of nitrogens with zero attached hydrogens (tertiary/aromatic N) is 2. The van der Waals surface area contributed by atoms with Gasteiger partial charge in [0.1, 0.15) is 0 Å². The number of amides is 3. The molecular weight excluding hydrogens is 412 g/mol. The van der Waals surface area contributed by atoms with Gasteiger partial charge in [0, 0.05) is 36.8 Å². The minimum absolute atomic E-state index is 0.00191. The molecule has 2 N–H and O–H groups in total. The zero-order chi connectivity index (χ0) is 23.3. The van der Waals surface area contributed by atoms with Gasteiger partial charge < -0.3 is 15.5 Å². The minimum Gasteiger partial charge on any atom is -0.342 e. The van der Waals surface area contributed by atoms with Crippen molar-refractivity contribution in [2.45, 2.75) is 33.1 Å². The second kappa shape index (κ2) is 10.0. The largest absolute Gasteiger partial charge is 0.342 e. The van der Waals surface area contributed by atoms with E-state index in [0.717, 1.165) is 12.8 Å². The van der Waals surface area contributed by atoms with Crippen molar-refractivity contribution in [3.05, 3.63) is 63.7 Å². The zero-order valence-electron chi connectivity index (χ0n) is 18.1. The third kappa shape index (κ3) is 5.29. The quantitative estimate of drug-likeness (QED) is 0.480. The smallest absolute Gasteiger partial charge is 0.274 e. The highest BCUT2D eigenvalue weighted by Crippen LogP contribution is 2.26. The van der Waals surface area contributed by atoms with Gasteiger partial charge in [-0.15, -0.1) is 0 Å². The lowest BCUT2D eigenvalue weighted by atomic mass is 10.1. The van der Waals surface area contributed by atoms with Crippen LogP contribution in [0.4, 0.5) is 17.1 Å². The van der Waals surface area contributed by atoms with Gasteiger partial charge in [0.2, 0.25) is 11.8 Å². The van der Waals surface area contributed by atoms with Crippen LogP contribution in [0.1, 0.15) is 42.1 Å². The molecular formula is C23H26N4O5. The molecule has 168 valence electrons. The molecule has 1 fully saturated rings. The van der Waals surface area contributed by atoms with Crippen LogP contribution < -0.4 is 10.6 Å². The Morgan fingerprint density at radius 2 is 1.88 bits per heavy atom. The predicted octanol–water partition coefficient (Wildman–Crippen LogP) is 3.74. The molecule has 1 aliphatic heterocycles. The molecule has 32 heavy (non-hydrogen) atoms. The molecule has 2 aromatic rings. The molecule has 1 aliphatic rings. The third-order valence-electron chi connectivity index (χ3n) is 5.53. The number of carbonyl (C=O) groups excluding carboxylic acids is 3. The monoisotopic (exact) mass is 438 g/mol. The highest BCUT2D eigenvalue weighted by atomic mass is 16.6. The summed E-state index contributed by atoms with van der Waals surface area (Å²) in [6.07, 6.45) is 2.11. The Kier molecular flexibility index (Phi) is 7.19. The van der Waals surface area contributed by atoms with Crippen LogP contribution >= 0.6 is 0 Å². The standard InChI is InChI=1S/C23H26N4O5/c1-3-4-12-26-14-17(13-21(26)28)23(30)24-18-10-8-16(9-11-18)22(29)25-19-6-5-7-20(15(19)2)27(31)32/h5-11,17H,3-4,12-14H2,1-2H3,(H,24,30)(H,25,29). The van der Waals surface area contributed by atoms with Gasteiger partial charge in [-0.1, -0.05) is 19.4 Å². The lowest BCUT2D eigenvalue weighted by molar-refractivity contribution is -0.385. The molecule has 1 unspecified atom stereocenters. The van der Waals surface area contributed by atoms with Crippen molar-refractivity contribution < 1.29 is 19.3 Å². The summed E-state index contributed by atoms with van der Waals surface area (Å²) in [5.41, 5.74) is 1.53. The summed E-state index contributed by atoms with van der Waals surface area (Å²) < 4.78 is 0. The molecule has 0 saturated carbocycles. The Morgan fingerprint density at radius 3 is 2.53 bits per heavy atom. The molecule has 0 radical (unpaired) electrons. The van der Waals surface area contributed by atoms with Crippen LogP contribution in [0.5, 0.6) is 0 Å². The number of nitro groups is 1. The first-order valence-electron chi connectivity index (χ1n) is 10.5. The van der Waals surface area contributed by atoms with Crippen molar-refractivity contribution >= 4 is 34.8 Å². The highest BCUT2D eigenvalue weighted by molar-refractivity contribution is 6.05. The van der Waals surface area contributed by atoms with E-state index < -0.39 is 10.8 Å². The molecule has 9 nitrogen and oxygen atoms in total. The number of rotatable bonds is 8. The molecule has 0 spiro atoms. The first-order valence-corrected chi connectivity index (χ1v) is 10.5. The molecule has 9 heteroatoms. The van der Waals surface area contributed by atoms with E-state index in [4.69, 9.17) is 0 Å². The summed E-state index contributed by atoms with van der Waals surface area (Å²) in [7, 11) is 0. The van der Waals surface area contributed by atoms with E-state index in [1.165, 1.54) is 12.1 Å². The average Bonchev–Trinajstić information content (AvgIpc) is 3.14. The number of carbonyl (C=O) groups is 3. The van der Waals surface area contributed by atoms with Gasteiger partial charge in [-0.2, -0.15) is 0 Å². The molecule has 2 aromatic carbocycles. The second-order valence-electron chi connectivity index (χ2n) is 7.82. The van der Waals surface area contributed by atoms with Gasteiger partial charge in [-0.25, -0.2) is 0 Å². The maximum absolute atomic E-state index is 12.5. The molecule has 3 amide bonds. The van der Waals surface area contributed by atoms with Gasteiger partial charge in [-0.3, -0.25) is 24.5 Å². The van der Waals surface area contributed by atoms with Crippen molar-refractivity contribution in [3.8, 4) is 0 Å². The fourth-order valence-corrected chi connectivity index (χ4v) is 3.61. The third-order valence-corrected chi connectivity index (χ3v) is 5.53. The number of nitrogens with one attached hydrogen (secondary N) is 2. The topological polar surface area (TPSA) is 122 Å². The van der Waals surface area contributed by atoms with Crippen molar-refractivity contribution in [1.29, 1.82) is 0 Å². The Labute approximate surface area is 185 Å². The summed E-state index contributed by atoms with van der Waals surface area (Å²) >= 11 is 0. The van der Waals surface area contributed by atoms with Crippen molar-refractivity contribution in [3.63, 3.8) is 0 Å². The SMILES string of the molecule is CCCCN1CC(C(=O)Nc2ccc(C(=O)Nc3cccc([N+](=O)[O-])c3C)cc2)CC1=O. The number of benzene rings is 2. The fraction of sp³-hybridized carbons (Fsp3) is 0.348. The number of unbranched alkanes of at least 4 members (excludes halogenated alkanes) is 1. The molecule has 0 aromatic heterocycles. The first-order chi connectivity index (χ1) is 15.3. The van der Waals surface area contributed by atoms with Crippen LogP contribution in [0.25, 0.3) is 0 Å². The normalized spacial score (nSPS) is 15.5. The zero-order valence-corrected chi connectivity index (χ0v) is 18.1. The average molecular weight is 438 g/mol. The predicted molar refractivity (Wildman–Crippen MR) is 120 cm³/mol. The van der Waals surface area contributed by atoms with E-state index in [0.29, 0.717) is 35.6 Å². The van der Waals surface area contributed by atoms with Crippen LogP contribution in [0.2, 0.25) is 0 Å². The highest BCUT2D eigenvalue weighted by Gasteiger charge is 2.33. The Hall–Kier alpha value is -3.75. The minimum atomic E-state index is -0.497. The van der Waals surface area contributed by atoms with Crippen molar-refractivity contribution in [1.82, 2.24) is 4.90 Å². The lowest BCUT2D eigenvalue weighted by Crippen LogP contribution is -2.29. The van der Waals surface area contributed by atoms with Crippen molar-refractivity contribution in [2.24, 2.45) is 5.92 Å². The number of hydrogen-bond acceptors (Lipinski definition) is 5. The summed E-state index contributed by atoms with van der Waals surface area (Å²) in [5.74, 6) is -1.03. The number of likely N-dealkylation sites (tertiary alicyclic amines) is 1. The molecule has 0 aliphatic carbocycles. The summed E-state index contributed by atoms with van der Waals surface area (Å²) in [4.78, 5) is 49.4. The van der Waals surface area contributed by atoms with Gasteiger partial charge in [0.15, 0.2) is 0 Å². The summed E-state index contributed by atoms with van der Waals surface area (Å²) in [5, 5.41) is 16.6. The first kappa shape index (κ1) is 22.9. The van der Waals surface area contributed by atoms with Gasteiger partial charge in [0.05, 0.1) is 22.1 Å². The Bertz CT molecular complexity index is 1040. The fourth-order valence-electron chi connectivity index (χ4n) is 3.61. The lowest BCUT2D eigenvalue weighted by Gasteiger charge is -2.16. The van der Waals surface area contributed by atoms with E-state index in [1.54, 1.807) is 42.2 Å². The number of hydrogen-bond donors (Lipinski definition) is 2. The number of anilines is 2. The van der Waals surface area contributed by atoms with Crippen LogP contribution in [0.3, 0.4) is 0 Å². The molecule has 3 rings (SSSR count). The Balaban J connectivity index is 1.60. The van der Waals surface area contributed by atoms with E-state index in [1.807, 2.05) is 0 Å². The van der Waals surface area contributed by atoms with Crippen LogP contribution in [0.15, 0.2) is 42.5 Å². The van der Waals surface area contributed by atoms with Crippen LogP contribution in [-0.2, 0) is 9.59 Å². The summed E-state index contributed by atoms with van der Waals surface area (Å²) in [6, 6.07) is 10.8. The van der Waals surface area contributed by atoms with E-state index >= 15 is 0 Å². The summed E-state index contributed by atoms with van der Waals surface area (Å²) in [6.45, 7) is 4.73.